The van der Waals surface area contributed by atoms with Gasteiger partial charge in [-0.05, 0) is 47.9 Å². The van der Waals surface area contributed by atoms with E-state index >= 15 is 0 Å². The highest BCUT2D eigenvalue weighted by molar-refractivity contribution is 8.05. The number of aromatic nitrogens is 2. The van der Waals surface area contributed by atoms with Gasteiger partial charge in [0.15, 0.2) is 5.56 Å². The lowest BCUT2D eigenvalue weighted by Crippen LogP contribution is -2.41. The molecule has 180 valence electrons. The molecule has 1 aliphatic rings. The maximum absolute atomic E-state index is 13.4. The summed E-state index contributed by atoms with van der Waals surface area (Å²) in [6.07, 6.45) is -0.619. The third-order valence-electron chi connectivity index (χ3n) is 5.59. The molecule has 6 nitrogen and oxygen atoms in total. The average Bonchev–Trinajstić information content (AvgIpc) is 3.29. The molecule has 0 bridgehead atoms. The third kappa shape index (κ3) is 5.10. The van der Waals surface area contributed by atoms with Crippen molar-refractivity contribution in [3.63, 3.8) is 0 Å². The van der Waals surface area contributed by atoms with Gasteiger partial charge in [-0.25, -0.2) is 0 Å². The number of hydrogen-bond acceptors (Lipinski definition) is 5. The number of fused-ring (bicyclic) bond motifs is 1. The van der Waals surface area contributed by atoms with E-state index in [9.17, 15) is 23.1 Å². The van der Waals surface area contributed by atoms with Crippen LogP contribution >= 0.6 is 23.4 Å². The van der Waals surface area contributed by atoms with Crippen molar-refractivity contribution in [2.24, 2.45) is 5.73 Å². The van der Waals surface area contributed by atoms with Gasteiger partial charge in [-0.1, -0.05) is 42.4 Å². The van der Waals surface area contributed by atoms with Crippen LogP contribution < -0.4 is 5.73 Å². The molecule has 4 rings (SSSR count). The van der Waals surface area contributed by atoms with Gasteiger partial charge in [0.25, 0.3) is 5.91 Å². The standard InChI is InChI=1S/C23H22ClF3N4O2S/c1-2-17(28)12-30-21(32)20(34-22(30)33)8-13-3-6-19-15(7-13)10-29-31(19)11-14-4-5-16(24)9-18(14)23(25,26)27/h3-10,17,22,33H,2,11-12,28H2,1H3. The molecule has 3 N–H and O–H groups in total. The number of carbonyl (C=O) groups is 1. The van der Waals surface area contributed by atoms with E-state index in [1.54, 1.807) is 30.5 Å². The van der Waals surface area contributed by atoms with E-state index in [2.05, 4.69) is 5.10 Å². The first-order valence-corrected chi connectivity index (χ1v) is 11.8. The van der Waals surface area contributed by atoms with Crippen LogP contribution in [0.3, 0.4) is 0 Å². The number of nitrogens with two attached hydrogens (primary N) is 1. The molecule has 1 aliphatic heterocycles. The fraction of sp³-hybridized carbons (Fsp3) is 0.304. The Kier molecular flexibility index (Phi) is 6.95. The van der Waals surface area contributed by atoms with Crippen LogP contribution in [-0.2, 0) is 17.5 Å². The van der Waals surface area contributed by atoms with E-state index in [-0.39, 0.29) is 35.6 Å². The number of benzene rings is 2. The van der Waals surface area contributed by atoms with Crippen LogP contribution in [0.15, 0.2) is 47.5 Å². The molecule has 1 amide bonds. The average molecular weight is 511 g/mol. The predicted octanol–water partition coefficient (Wildman–Crippen LogP) is 4.69. The Morgan fingerprint density at radius 2 is 2.06 bits per heavy atom. The second kappa shape index (κ2) is 9.61. The summed E-state index contributed by atoms with van der Waals surface area (Å²) in [6, 6.07) is 8.74. The normalized spacial score (nSPS) is 18.9. The van der Waals surface area contributed by atoms with Gasteiger partial charge in [0.1, 0.15) is 0 Å². The molecule has 2 atom stereocenters. The summed E-state index contributed by atoms with van der Waals surface area (Å²) in [6.45, 7) is 2.09. The van der Waals surface area contributed by atoms with Gasteiger partial charge in [0.2, 0.25) is 0 Å². The van der Waals surface area contributed by atoms with Gasteiger partial charge >= 0.3 is 6.18 Å². The lowest BCUT2D eigenvalue weighted by molar-refractivity contribution is -0.138. The number of rotatable bonds is 6. The van der Waals surface area contributed by atoms with Gasteiger partial charge < -0.3 is 15.7 Å². The van der Waals surface area contributed by atoms with E-state index in [4.69, 9.17) is 17.3 Å². The SMILES string of the molecule is CCC(N)CN1C(=O)C(=Cc2ccc3c(cnn3Cc3ccc(Cl)cc3C(F)(F)F)c2)SC1O. The fourth-order valence-corrected chi connectivity index (χ4v) is 4.83. The highest BCUT2D eigenvalue weighted by Crippen LogP contribution is 2.36. The monoisotopic (exact) mass is 510 g/mol. The number of aliphatic hydroxyl groups is 1. The molecule has 0 spiro atoms. The van der Waals surface area contributed by atoms with Gasteiger partial charge in [-0.2, -0.15) is 18.3 Å². The zero-order chi connectivity index (χ0) is 24.6. The Morgan fingerprint density at radius 1 is 1.29 bits per heavy atom. The quantitative estimate of drug-likeness (QED) is 0.470. The molecule has 1 aromatic heterocycles. The van der Waals surface area contributed by atoms with Crippen molar-refractivity contribution < 1.29 is 23.1 Å². The zero-order valence-electron chi connectivity index (χ0n) is 18.1. The number of thioether (sulfide) groups is 1. The fourth-order valence-electron chi connectivity index (χ4n) is 3.70. The molecule has 11 heteroatoms. The van der Waals surface area contributed by atoms with Crippen LogP contribution in [0.1, 0.15) is 30.0 Å². The molecule has 2 heterocycles. The molecule has 1 saturated heterocycles. The first-order valence-electron chi connectivity index (χ1n) is 10.5. The second-order valence-electron chi connectivity index (χ2n) is 8.00. The molecule has 2 unspecified atom stereocenters. The van der Waals surface area contributed by atoms with Crippen LogP contribution in [0, 0.1) is 0 Å². The maximum atomic E-state index is 13.4. The number of aliphatic hydroxyl groups excluding tert-OH is 1. The molecule has 2 aromatic carbocycles. The van der Waals surface area contributed by atoms with Crippen LogP contribution in [0.25, 0.3) is 17.0 Å². The van der Waals surface area contributed by atoms with Crippen LogP contribution in [0.2, 0.25) is 5.02 Å². The Balaban J connectivity index is 1.59. The van der Waals surface area contributed by atoms with Crippen molar-refractivity contribution in [2.45, 2.75) is 37.7 Å². The van der Waals surface area contributed by atoms with E-state index in [1.165, 1.54) is 21.7 Å². The van der Waals surface area contributed by atoms with Crippen molar-refractivity contribution in [1.29, 1.82) is 0 Å². The molecule has 3 aromatic rings. The predicted molar refractivity (Wildman–Crippen MR) is 127 cm³/mol. The largest absolute Gasteiger partial charge is 0.416 e. The van der Waals surface area contributed by atoms with Crippen molar-refractivity contribution >= 4 is 46.2 Å². The summed E-state index contributed by atoms with van der Waals surface area (Å²) in [5, 5.41) is 15.2. The molecular formula is C23H22ClF3N4O2S. The number of amides is 1. The lowest BCUT2D eigenvalue weighted by Gasteiger charge is -2.22. The topological polar surface area (TPSA) is 84.4 Å². The highest BCUT2D eigenvalue weighted by Gasteiger charge is 2.36. The summed E-state index contributed by atoms with van der Waals surface area (Å²) in [5.41, 5.74) is 5.54. The molecule has 0 saturated carbocycles. The van der Waals surface area contributed by atoms with Crippen LogP contribution in [-0.4, -0.2) is 43.8 Å². The van der Waals surface area contributed by atoms with Crippen molar-refractivity contribution in [1.82, 2.24) is 14.7 Å². The Morgan fingerprint density at radius 3 is 2.76 bits per heavy atom. The summed E-state index contributed by atoms with van der Waals surface area (Å²) in [4.78, 5) is 14.4. The smallest absolute Gasteiger partial charge is 0.364 e. The van der Waals surface area contributed by atoms with E-state index in [0.29, 0.717) is 27.8 Å². The minimum atomic E-state index is -4.53. The number of hydrogen-bond donors (Lipinski definition) is 2. The minimum Gasteiger partial charge on any atom is -0.364 e. The Bertz CT molecular complexity index is 1260. The summed E-state index contributed by atoms with van der Waals surface area (Å²) in [7, 11) is 0. The van der Waals surface area contributed by atoms with Gasteiger partial charge in [0, 0.05) is 23.0 Å². The molecule has 34 heavy (non-hydrogen) atoms. The van der Waals surface area contributed by atoms with E-state index in [0.717, 1.165) is 17.8 Å². The summed E-state index contributed by atoms with van der Waals surface area (Å²) < 4.78 is 41.8. The van der Waals surface area contributed by atoms with Gasteiger partial charge in [-0.3, -0.25) is 9.48 Å². The molecule has 1 fully saturated rings. The van der Waals surface area contributed by atoms with Crippen molar-refractivity contribution in [2.75, 3.05) is 6.54 Å². The van der Waals surface area contributed by atoms with E-state index in [1.807, 2.05) is 6.92 Å². The van der Waals surface area contributed by atoms with Crippen molar-refractivity contribution in [3.8, 4) is 0 Å². The third-order valence-corrected chi connectivity index (χ3v) is 6.83. The lowest BCUT2D eigenvalue weighted by atomic mass is 10.1. The summed E-state index contributed by atoms with van der Waals surface area (Å²) >= 11 is 6.81. The molecular weight excluding hydrogens is 489 g/mol. The second-order valence-corrected chi connectivity index (χ2v) is 9.53. The maximum Gasteiger partial charge on any atom is 0.416 e. The van der Waals surface area contributed by atoms with Gasteiger partial charge in [-0.15, -0.1) is 0 Å². The van der Waals surface area contributed by atoms with Crippen LogP contribution in [0.5, 0.6) is 0 Å². The number of alkyl halides is 3. The van der Waals surface area contributed by atoms with E-state index < -0.39 is 17.3 Å². The first-order chi connectivity index (χ1) is 16.1. The Labute approximate surface area is 203 Å². The minimum absolute atomic E-state index is 0.0127. The van der Waals surface area contributed by atoms with Crippen molar-refractivity contribution in [3.05, 3.63) is 69.2 Å². The van der Waals surface area contributed by atoms with Gasteiger partial charge in [0.05, 0.1) is 28.7 Å². The molecule has 0 radical (unpaired) electrons. The Hall–Kier alpha value is -2.53. The van der Waals surface area contributed by atoms with Crippen LogP contribution in [0.4, 0.5) is 13.2 Å². The number of carbonyl (C=O) groups excluding carboxylic acids is 1. The number of halogens is 4. The first kappa shape index (κ1) is 24.6. The summed E-state index contributed by atoms with van der Waals surface area (Å²) in [5.74, 6) is -0.292. The molecule has 0 aliphatic carbocycles. The zero-order valence-corrected chi connectivity index (χ0v) is 19.7. The highest BCUT2D eigenvalue weighted by atomic mass is 35.5. The number of nitrogens with zero attached hydrogens (tertiary/aromatic N) is 3.